The van der Waals surface area contributed by atoms with Gasteiger partial charge in [-0.3, -0.25) is 0 Å². The van der Waals surface area contributed by atoms with Gasteiger partial charge in [0.15, 0.2) is 6.10 Å². The van der Waals surface area contributed by atoms with Crippen LogP contribution in [0.25, 0.3) is 0 Å². The molecule has 96 valence electrons. The summed E-state index contributed by atoms with van der Waals surface area (Å²) in [5.74, 6) is 0.451. The van der Waals surface area contributed by atoms with Gasteiger partial charge >= 0.3 is 5.97 Å². The molecule has 1 aliphatic heterocycles. The van der Waals surface area contributed by atoms with Gasteiger partial charge in [-0.2, -0.15) is 0 Å². The molecule has 4 heteroatoms. The van der Waals surface area contributed by atoms with Crippen LogP contribution in [0, 0.1) is 0 Å². The fourth-order valence-electron chi connectivity index (χ4n) is 2.64. The van der Waals surface area contributed by atoms with Crippen molar-refractivity contribution in [2.45, 2.75) is 37.8 Å². The Bertz CT molecular complexity index is 472. The third-order valence-corrected chi connectivity index (χ3v) is 3.64. The Hall–Kier alpha value is -1.55. The van der Waals surface area contributed by atoms with E-state index in [-0.39, 0.29) is 12.0 Å². The van der Waals surface area contributed by atoms with E-state index in [1.54, 1.807) is 0 Å². The minimum Gasteiger partial charge on any atom is -0.479 e. The normalized spacial score (nSPS) is 26.6. The molecule has 1 aliphatic carbocycles. The number of carbonyl (C=O) groups excluding carboxylic acids is 1. The van der Waals surface area contributed by atoms with Gasteiger partial charge in [-0.1, -0.05) is 6.07 Å². The predicted octanol–water partition coefficient (Wildman–Crippen LogP) is 1.72. The molecule has 0 saturated carbocycles. The van der Waals surface area contributed by atoms with Crippen LogP contribution in [0.1, 0.15) is 36.4 Å². The Labute approximate surface area is 106 Å². The van der Waals surface area contributed by atoms with Crippen molar-refractivity contribution in [2.24, 2.45) is 5.73 Å². The molecule has 1 aromatic carbocycles. The first kappa shape index (κ1) is 11.5. The Morgan fingerprint density at radius 2 is 2.22 bits per heavy atom. The Morgan fingerprint density at radius 3 is 3.00 bits per heavy atom. The van der Waals surface area contributed by atoms with Gasteiger partial charge in [0.05, 0.1) is 6.61 Å². The molecule has 18 heavy (non-hydrogen) atoms. The zero-order valence-corrected chi connectivity index (χ0v) is 10.2. The van der Waals surface area contributed by atoms with Gasteiger partial charge in [-0.25, -0.2) is 4.79 Å². The molecule has 0 spiro atoms. The van der Waals surface area contributed by atoms with E-state index in [1.807, 2.05) is 12.1 Å². The zero-order chi connectivity index (χ0) is 12.5. The Balaban J connectivity index is 1.81. The molecule has 0 radical (unpaired) electrons. The summed E-state index contributed by atoms with van der Waals surface area (Å²) in [4.78, 5) is 11.4. The quantitative estimate of drug-likeness (QED) is 0.808. The smallest absolute Gasteiger partial charge is 0.347 e. The van der Waals surface area contributed by atoms with Crippen LogP contribution < -0.4 is 10.5 Å². The monoisotopic (exact) mass is 247 g/mol. The van der Waals surface area contributed by atoms with Crippen LogP contribution >= 0.6 is 0 Å². The molecule has 1 heterocycles. The van der Waals surface area contributed by atoms with Gasteiger partial charge in [0.2, 0.25) is 0 Å². The molecule has 1 fully saturated rings. The summed E-state index contributed by atoms with van der Waals surface area (Å²) in [6.07, 6.45) is 3.41. The van der Waals surface area contributed by atoms with Crippen LogP contribution in [0.4, 0.5) is 0 Å². The van der Waals surface area contributed by atoms with E-state index in [0.29, 0.717) is 13.0 Å². The first-order valence-electron chi connectivity index (χ1n) is 6.46. The summed E-state index contributed by atoms with van der Waals surface area (Å²) in [7, 11) is 0. The van der Waals surface area contributed by atoms with Crippen molar-refractivity contribution in [3.63, 3.8) is 0 Å². The molecule has 0 bridgehead atoms. The molecule has 0 amide bonds. The first-order valence-corrected chi connectivity index (χ1v) is 6.46. The van der Waals surface area contributed by atoms with Crippen LogP contribution in [-0.4, -0.2) is 18.7 Å². The largest absolute Gasteiger partial charge is 0.479 e. The van der Waals surface area contributed by atoms with Crippen molar-refractivity contribution in [3.05, 3.63) is 29.3 Å². The van der Waals surface area contributed by atoms with E-state index in [0.717, 1.165) is 30.6 Å². The molecule has 4 nitrogen and oxygen atoms in total. The third-order valence-electron chi connectivity index (χ3n) is 3.64. The average Bonchev–Trinajstić information content (AvgIpc) is 2.76. The molecule has 2 aliphatic rings. The van der Waals surface area contributed by atoms with Crippen molar-refractivity contribution in [2.75, 3.05) is 6.61 Å². The Morgan fingerprint density at radius 1 is 1.33 bits per heavy atom. The molecule has 2 N–H and O–H groups in total. The van der Waals surface area contributed by atoms with Crippen molar-refractivity contribution >= 4 is 5.97 Å². The second kappa shape index (κ2) is 4.61. The lowest BCUT2D eigenvalue weighted by molar-refractivity contribution is -0.143. The van der Waals surface area contributed by atoms with Gasteiger partial charge in [-0.05, 0) is 42.5 Å². The molecule has 2 atom stereocenters. The van der Waals surface area contributed by atoms with Crippen molar-refractivity contribution < 1.29 is 14.3 Å². The topological polar surface area (TPSA) is 61.6 Å². The van der Waals surface area contributed by atoms with Crippen LogP contribution in [0.2, 0.25) is 0 Å². The summed E-state index contributed by atoms with van der Waals surface area (Å²) >= 11 is 0. The van der Waals surface area contributed by atoms with Crippen LogP contribution in [0.5, 0.6) is 5.75 Å². The highest BCUT2D eigenvalue weighted by molar-refractivity contribution is 5.76. The lowest BCUT2D eigenvalue weighted by atomic mass is 9.88. The highest BCUT2D eigenvalue weighted by atomic mass is 16.6. The number of nitrogens with two attached hydrogens (primary N) is 1. The molecule has 3 rings (SSSR count). The lowest BCUT2D eigenvalue weighted by Gasteiger charge is -2.23. The molecular formula is C14H17NO3. The summed E-state index contributed by atoms with van der Waals surface area (Å²) in [5.41, 5.74) is 8.56. The zero-order valence-electron chi connectivity index (χ0n) is 10.2. The number of fused-ring (bicyclic) bond motifs is 1. The fraction of sp³-hybridized carbons (Fsp3) is 0.500. The number of carbonyl (C=O) groups is 1. The molecule has 2 unspecified atom stereocenters. The predicted molar refractivity (Wildman–Crippen MR) is 66.3 cm³/mol. The van der Waals surface area contributed by atoms with E-state index in [4.69, 9.17) is 15.2 Å². The number of esters is 1. The SMILES string of the molecule is NC1CCCc2ccc(OC3CCOC3=O)cc21. The molecule has 0 aromatic heterocycles. The number of benzene rings is 1. The molecular weight excluding hydrogens is 230 g/mol. The molecule has 1 saturated heterocycles. The highest BCUT2D eigenvalue weighted by Crippen LogP contribution is 2.31. The number of cyclic esters (lactones) is 1. The first-order chi connectivity index (χ1) is 8.74. The summed E-state index contributed by atoms with van der Waals surface area (Å²) in [6, 6.07) is 6.05. The number of hydrogen-bond acceptors (Lipinski definition) is 4. The minimum absolute atomic E-state index is 0.0906. The summed E-state index contributed by atoms with van der Waals surface area (Å²) < 4.78 is 10.6. The van der Waals surface area contributed by atoms with E-state index in [9.17, 15) is 4.79 Å². The lowest BCUT2D eigenvalue weighted by Crippen LogP contribution is -2.22. The van der Waals surface area contributed by atoms with Crippen LogP contribution in [-0.2, 0) is 16.0 Å². The number of hydrogen-bond donors (Lipinski definition) is 1. The van der Waals surface area contributed by atoms with E-state index in [1.165, 1.54) is 5.56 Å². The maximum absolute atomic E-state index is 11.4. The number of ether oxygens (including phenoxy) is 2. The standard InChI is InChI=1S/C14H17NO3/c15-12-3-1-2-9-4-5-10(8-11(9)12)18-13-6-7-17-14(13)16/h4-5,8,12-13H,1-3,6-7,15H2. The van der Waals surface area contributed by atoms with Gasteiger partial charge < -0.3 is 15.2 Å². The Kier molecular flexibility index (Phi) is 2.96. The average molecular weight is 247 g/mol. The van der Waals surface area contributed by atoms with E-state index >= 15 is 0 Å². The van der Waals surface area contributed by atoms with Crippen LogP contribution in [0.15, 0.2) is 18.2 Å². The summed E-state index contributed by atoms with van der Waals surface area (Å²) in [5, 5.41) is 0. The van der Waals surface area contributed by atoms with Crippen molar-refractivity contribution in [1.82, 2.24) is 0 Å². The van der Waals surface area contributed by atoms with Crippen LogP contribution in [0.3, 0.4) is 0 Å². The highest BCUT2D eigenvalue weighted by Gasteiger charge is 2.28. The van der Waals surface area contributed by atoms with Gasteiger partial charge in [-0.15, -0.1) is 0 Å². The van der Waals surface area contributed by atoms with E-state index in [2.05, 4.69) is 6.07 Å². The fourth-order valence-corrected chi connectivity index (χ4v) is 2.64. The minimum atomic E-state index is -0.456. The maximum Gasteiger partial charge on any atom is 0.347 e. The third kappa shape index (κ3) is 2.08. The van der Waals surface area contributed by atoms with Gasteiger partial charge in [0.1, 0.15) is 5.75 Å². The van der Waals surface area contributed by atoms with Crippen molar-refractivity contribution in [1.29, 1.82) is 0 Å². The molecule has 1 aromatic rings. The number of aryl methyl sites for hydroxylation is 1. The second-order valence-corrected chi connectivity index (χ2v) is 4.92. The van der Waals surface area contributed by atoms with Gasteiger partial charge in [0.25, 0.3) is 0 Å². The van der Waals surface area contributed by atoms with Crippen molar-refractivity contribution in [3.8, 4) is 5.75 Å². The maximum atomic E-state index is 11.4. The summed E-state index contributed by atoms with van der Waals surface area (Å²) in [6.45, 7) is 0.452. The van der Waals surface area contributed by atoms with E-state index < -0.39 is 6.10 Å². The number of rotatable bonds is 2. The van der Waals surface area contributed by atoms with Gasteiger partial charge in [0, 0.05) is 12.5 Å². The second-order valence-electron chi connectivity index (χ2n) is 4.92.